The van der Waals surface area contributed by atoms with E-state index in [1.165, 1.54) is 0 Å². The van der Waals surface area contributed by atoms with E-state index >= 15 is 0 Å². The number of halogens is 1. The van der Waals surface area contributed by atoms with E-state index in [0.29, 0.717) is 5.02 Å². The molecule has 0 aliphatic heterocycles. The summed E-state index contributed by atoms with van der Waals surface area (Å²) in [6.07, 6.45) is 0. The summed E-state index contributed by atoms with van der Waals surface area (Å²) in [5, 5.41) is 0.664. The van der Waals surface area contributed by atoms with Crippen LogP contribution in [0.15, 0.2) is 18.4 Å². The molecule has 1 heterocycles. The Balaban J connectivity index is 3.40. The van der Waals surface area contributed by atoms with Crippen LogP contribution in [0.25, 0.3) is 5.57 Å². The van der Waals surface area contributed by atoms with Crippen LogP contribution >= 0.6 is 11.6 Å². The molecule has 13 heavy (non-hydrogen) atoms. The summed E-state index contributed by atoms with van der Waals surface area (Å²) in [7, 11) is 0. The Bertz CT molecular complexity index is 387. The fourth-order valence-corrected chi connectivity index (χ4v) is 1.37. The molecule has 1 aromatic rings. The highest BCUT2D eigenvalue weighted by molar-refractivity contribution is 6.32. The Kier molecular flexibility index (Phi) is 2.92. The Morgan fingerprint density at radius 1 is 1.54 bits per heavy atom. The molecule has 0 bridgehead atoms. The molecular weight excluding hydrogens is 182 g/mol. The lowest BCUT2D eigenvalue weighted by molar-refractivity contribution is 1.12. The molecule has 1 nitrogen and oxygen atoms in total. The molecule has 68 valence electrons. The van der Waals surface area contributed by atoms with E-state index in [1.807, 2.05) is 26.8 Å². The van der Waals surface area contributed by atoms with Gasteiger partial charge in [-0.25, -0.2) is 0 Å². The van der Waals surface area contributed by atoms with Crippen molar-refractivity contribution >= 4 is 17.2 Å². The minimum absolute atomic E-state index is 0.664. The van der Waals surface area contributed by atoms with Gasteiger partial charge in [0.15, 0.2) is 0 Å². The molecule has 1 rings (SSSR count). The maximum absolute atomic E-state index is 6.02. The van der Waals surface area contributed by atoms with Gasteiger partial charge in [0.2, 0.25) is 0 Å². The molecule has 2 heteroatoms. The largest absolute Gasteiger partial charge is 0.251 e. The molecule has 0 saturated heterocycles. The predicted molar refractivity (Wildman–Crippen MR) is 56.9 cm³/mol. The topological polar surface area (TPSA) is 12.9 Å². The summed E-state index contributed by atoms with van der Waals surface area (Å²) in [4.78, 5) is 4.37. The van der Waals surface area contributed by atoms with Gasteiger partial charge in [0.05, 0.1) is 10.7 Å². The lowest BCUT2D eigenvalue weighted by Crippen LogP contribution is -1.93. The van der Waals surface area contributed by atoms with E-state index in [-0.39, 0.29) is 0 Å². The zero-order valence-electron chi connectivity index (χ0n) is 8.11. The SMILES string of the molecule is C=C=C(C)c1nc(C)c(C)cc1Cl. The summed E-state index contributed by atoms with van der Waals surface area (Å²) in [5.41, 5.74) is 6.55. The number of hydrogen-bond acceptors (Lipinski definition) is 1. The number of hydrogen-bond donors (Lipinski definition) is 0. The second-order valence-electron chi connectivity index (χ2n) is 3.02. The number of allylic oxidation sites excluding steroid dienone is 1. The van der Waals surface area contributed by atoms with Crippen LogP contribution in [0.3, 0.4) is 0 Å². The van der Waals surface area contributed by atoms with Gasteiger partial charge in [-0.15, -0.1) is 5.73 Å². The molecule has 0 atom stereocenters. The molecular formula is C11H12ClN. The average Bonchev–Trinajstić information content (AvgIpc) is 2.10. The first kappa shape index (κ1) is 10.0. The first-order valence-electron chi connectivity index (χ1n) is 4.07. The number of aryl methyl sites for hydroxylation is 2. The maximum Gasteiger partial charge on any atom is 0.0925 e. The zero-order valence-corrected chi connectivity index (χ0v) is 8.87. The van der Waals surface area contributed by atoms with Crippen LogP contribution in [0.5, 0.6) is 0 Å². The third-order valence-electron chi connectivity index (χ3n) is 2.04. The van der Waals surface area contributed by atoms with Crippen LogP contribution in [0.4, 0.5) is 0 Å². The molecule has 0 fully saturated rings. The second-order valence-corrected chi connectivity index (χ2v) is 3.43. The molecule has 0 unspecified atom stereocenters. The molecule has 0 aliphatic carbocycles. The number of aromatic nitrogens is 1. The Morgan fingerprint density at radius 3 is 2.69 bits per heavy atom. The van der Waals surface area contributed by atoms with Crippen LogP contribution in [0.2, 0.25) is 5.02 Å². The first-order valence-corrected chi connectivity index (χ1v) is 4.45. The molecule has 0 saturated carbocycles. The lowest BCUT2D eigenvalue weighted by atomic mass is 10.1. The van der Waals surface area contributed by atoms with Crippen molar-refractivity contribution in [3.63, 3.8) is 0 Å². The highest BCUT2D eigenvalue weighted by Gasteiger charge is 2.05. The molecule has 0 aliphatic rings. The summed E-state index contributed by atoms with van der Waals surface area (Å²) in [6, 6.07) is 1.92. The van der Waals surface area contributed by atoms with Crippen LogP contribution < -0.4 is 0 Å². The smallest absolute Gasteiger partial charge is 0.0925 e. The summed E-state index contributed by atoms with van der Waals surface area (Å²) in [6.45, 7) is 9.42. The van der Waals surface area contributed by atoms with E-state index in [0.717, 1.165) is 22.5 Å². The van der Waals surface area contributed by atoms with E-state index in [4.69, 9.17) is 11.6 Å². The van der Waals surface area contributed by atoms with Crippen molar-refractivity contribution < 1.29 is 0 Å². The second kappa shape index (κ2) is 3.78. The fraction of sp³-hybridized carbons (Fsp3) is 0.273. The van der Waals surface area contributed by atoms with Crippen LogP contribution in [-0.2, 0) is 0 Å². The third kappa shape index (κ3) is 2.00. The van der Waals surface area contributed by atoms with Gasteiger partial charge in [0.1, 0.15) is 0 Å². The molecule has 0 N–H and O–H groups in total. The van der Waals surface area contributed by atoms with Gasteiger partial charge in [-0.2, -0.15) is 0 Å². The van der Waals surface area contributed by atoms with E-state index < -0.39 is 0 Å². The lowest BCUT2D eigenvalue weighted by Gasteiger charge is -2.05. The summed E-state index contributed by atoms with van der Waals surface area (Å²) in [5.74, 6) is 0. The van der Waals surface area contributed by atoms with Crippen molar-refractivity contribution in [2.24, 2.45) is 0 Å². The highest BCUT2D eigenvalue weighted by atomic mass is 35.5. The molecule has 0 aromatic carbocycles. The van der Waals surface area contributed by atoms with Crippen LogP contribution in [0, 0.1) is 13.8 Å². The monoisotopic (exact) mass is 193 g/mol. The van der Waals surface area contributed by atoms with Gasteiger partial charge in [-0.3, -0.25) is 4.98 Å². The van der Waals surface area contributed by atoms with Crippen molar-refractivity contribution in [2.75, 3.05) is 0 Å². The fourth-order valence-electron chi connectivity index (χ4n) is 1.02. The Morgan fingerprint density at radius 2 is 2.15 bits per heavy atom. The third-order valence-corrected chi connectivity index (χ3v) is 2.33. The van der Waals surface area contributed by atoms with E-state index in [9.17, 15) is 0 Å². The van der Waals surface area contributed by atoms with E-state index in [1.54, 1.807) is 0 Å². The normalized spacial score (nSPS) is 9.54. The minimum Gasteiger partial charge on any atom is -0.251 e. The van der Waals surface area contributed by atoms with Gasteiger partial charge in [0, 0.05) is 11.3 Å². The van der Waals surface area contributed by atoms with Crippen molar-refractivity contribution in [1.29, 1.82) is 0 Å². The van der Waals surface area contributed by atoms with Gasteiger partial charge in [0.25, 0.3) is 0 Å². The van der Waals surface area contributed by atoms with Crippen molar-refractivity contribution in [3.8, 4) is 0 Å². The Labute approximate surface area is 83.8 Å². The standard InChI is InChI=1S/C11H12ClN/c1-5-7(2)11-10(12)6-8(3)9(4)13-11/h6H,1H2,2-4H3. The minimum atomic E-state index is 0.664. The van der Waals surface area contributed by atoms with Gasteiger partial charge in [-0.05, 0) is 32.4 Å². The van der Waals surface area contributed by atoms with E-state index in [2.05, 4.69) is 17.3 Å². The molecule has 0 radical (unpaired) electrons. The summed E-state index contributed by atoms with van der Waals surface area (Å²) >= 11 is 6.02. The van der Waals surface area contributed by atoms with Gasteiger partial charge >= 0.3 is 0 Å². The first-order chi connectivity index (χ1) is 6.06. The highest BCUT2D eigenvalue weighted by Crippen LogP contribution is 2.22. The zero-order chi connectivity index (χ0) is 10.0. The summed E-state index contributed by atoms with van der Waals surface area (Å²) < 4.78 is 0. The molecule has 0 spiro atoms. The average molecular weight is 194 g/mol. The predicted octanol–water partition coefficient (Wildman–Crippen LogP) is 3.54. The number of nitrogens with zero attached hydrogens (tertiary/aromatic N) is 1. The van der Waals surface area contributed by atoms with Crippen molar-refractivity contribution in [1.82, 2.24) is 4.98 Å². The molecule has 0 amide bonds. The molecule has 1 aromatic heterocycles. The van der Waals surface area contributed by atoms with Crippen LogP contribution in [-0.4, -0.2) is 4.98 Å². The van der Waals surface area contributed by atoms with Gasteiger partial charge < -0.3 is 0 Å². The van der Waals surface area contributed by atoms with Gasteiger partial charge in [-0.1, -0.05) is 18.2 Å². The van der Waals surface area contributed by atoms with Crippen molar-refractivity contribution in [2.45, 2.75) is 20.8 Å². The number of pyridine rings is 1. The van der Waals surface area contributed by atoms with Crippen LogP contribution in [0.1, 0.15) is 23.9 Å². The maximum atomic E-state index is 6.02. The quantitative estimate of drug-likeness (QED) is 0.622. The number of rotatable bonds is 1. The Hall–Kier alpha value is -1.04. The van der Waals surface area contributed by atoms with Crippen molar-refractivity contribution in [3.05, 3.63) is 40.4 Å².